The van der Waals surface area contributed by atoms with Gasteiger partial charge in [0.25, 0.3) is 0 Å². The molecule has 3 N–H and O–H groups in total. The lowest BCUT2D eigenvalue weighted by atomic mass is 10.1. The zero-order chi connectivity index (χ0) is 21.0. The Morgan fingerprint density at radius 3 is 2.43 bits per heavy atom. The summed E-state index contributed by atoms with van der Waals surface area (Å²) in [6, 6.07) is 8.47. The summed E-state index contributed by atoms with van der Waals surface area (Å²) in [5.74, 6) is -0.706. The van der Waals surface area contributed by atoms with Gasteiger partial charge in [-0.1, -0.05) is 30.3 Å². The van der Waals surface area contributed by atoms with Crippen LogP contribution < -0.4 is 11.0 Å². The van der Waals surface area contributed by atoms with Crippen molar-refractivity contribution < 1.29 is 38.3 Å². The number of nitrogens with one attached hydrogen (secondary N) is 2. The maximum Gasteiger partial charge on any atom is 0.518 e. The van der Waals surface area contributed by atoms with Gasteiger partial charge < -0.3 is 14.0 Å². The molecule has 0 aliphatic carbocycles. The van der Waals surface area contributed by atoms with Crippen molar-refractivity contribution in [3.63, 3.8) is 0 Å². The van der Waals surface area contributed by atoms with Crippen LogP contribution in [0.3, 0.4) is 0 Å². The highest BCUT2D eigenvalue weighted by atomic mass is 32.2. The number of benzene rings is 1. The number of carboxylic acid groups (broad SMARTS) is 1. The van der Waals surface area contributed by atoms with Crippen molar-refractivity contribution in [1.82, 2.24) is 11.0 Å². The third-order valence-corrected chi connectivity index (χ3v) is 3.67. The molecule has 0 aliphatic rings. The lowest BCUT2D eigenvalue weighted by Gasteiger charge is -2.24. The van der Waals surface area contributed by atoms with E-state index in [2.05, 4.69) is 19.9 Å². The Balaban J connectivity index is 2.66. The molecule has 0 saturated heterocycles. The smallest absolute Gasteiger partial charge is 0.468 e. The van der Waals surface area contributed by atoms with Crippen LogP contribution in [0.4, 0.5) is 4.79 Å². The first-order chi connectivity index (χ1) is 13.2. The third kappa shape index (κ3) is 11.1. The van der Waals surface area contributed by atoms with E-state index in [1.165, 1.54) is 7.11 Å². The molecule has 0 heterocycles. The molecule has 2 unspecified atom stereocenters. The van der Waals surface area contributed by atoms with Gasteiger partial charge in [0, 0.05) is 6.42 Å². The van der Waals surface area contributed by atoms with E-state index in [4.69, 9.17) is 19.8 Å². The summed E-state index contributed by atoms with van der Waals surface area (Å²) < 4.78 is 9.01. The van der Waals surface area contributed by atoms with Crippen LogP contribution in [0.25, 0.3) is 0 Å². The number of methoxy groups -OCH3 is 1. The predicted molar refractivity (Wildman–Crippen MR) is 101 cm³/mol. The highest BCUT2D eigenvalue weighted by Gasteiger charge is 2.23. The summed E-state index contributed by atoms with van der Waals surface area (Å²) >= 11 is 0.571. The van der Waals surface area contributed by atoms with Crippen LogP contribution in [0, 0.1) is 0 Å². The van der Waals surface area contributed by atoms with Crippen LogP contribution in [0.15, 0.2) is 30.3 Å². The van der Waals surface area contributed by atoms with Crippen molar-refractivity contribution >= 4 is 24.2 Å². The first-order valence-electron chi connectivity index (χ1n) is 8.37. The lowest BCUT2D eigenvalue weighted by Crippen LogP contribution is -2.46. The fourth-order valence-electron chi connectivity index (χ4n) is 1.75. The van der Waals surface area contributed by atoms with Gasteiger partial charge in [-0.15, -0.1) is 10.5 Å². The van der Waals surface area contributed by atoms with E-state index in [1.807, 2.05) is 51.1 Å². The van der Waals surface area contributed by atoms with E-state index in [9.17, 15) is 9.59 Å². The van der Waals surface area contributed by atoms with Gasteiger partial charge in [0.15, 0.2) is 6.23 Å². The Bertz CT molecular complexity index is 597. The summed E-state index contributed by atoms with van der Waals surface area (Å²) in [5, 5.41) is 8.52. The van der Waals surface area contributed by atoms with E-state index < -0.39 is 30.0 Å². The molecule has 0 aliphatic heterocycles. The molecular formula is C17H26N2O8S. The van der Waals surface area contributed by atoms with Gasteiger partial charge in [0.1, 0.15) is 6.04 Å². The Kier molecular flexibility index (Phi) is 10.8. The first kappa shape index (κ1) is 24.1. The van der Waals surface area contributed by atoms with E-state index in [0.717, 1.165) is 5.56 Å². The molecule has 10 nitrogen and oxygen atoms in total. The molecule has 28 heavy (non-hydrogen) atoms. The predicted octanol–water partition coefficient (Wildman–Crippen LogP) is 2.21. The second kappa shape index (κ2) is 12.5. The van der Waals surface area contributed by atoms with Crippen molar-refractivity contribution in [2.45, 2.75) is 45.1 Å². The van der Waals surface area contributed by atoms with Crippen molar-refractivity contribution in [2.75, 3.05) is 12.9 Å². The van der Waals surface area contributed by atoms with Crippen LogP contribution in [0.1, 0.15) is 26.3 Å². The zero-order valence-corrected chi connectivity index (χ0v) is 17.0. The first-order valence-corrected chi connectivity index (χ1v) is 9.28. The van der Waals surface area contributed by atoms with Crippen molar-refractivity contribution in [1.29, 1.82) is 0 Å². The van der Waals surface area contributed by atoms with Crippen LogP contribution in [-0.2, 0) is 34.8 Å². The molecule has 158 valence electrons. The quantitative estimate of drug-likeness (QED) is 0.152. The number of hydrogen-bond acceptors (Lipinski definition) is 10. The Labute approximate surface area is 167 Å². The fraction of sp³-hybridized carbons (Fsp3) is 0.529. The van der Waals surface area contributed by atoms with Crippen molar-refractivity contribution in [3.05, 3.63) is 35.9 Å². The fourth-order valence-corrected chi connectivity index (χ4v) is 2.26. The number of carbonyl (C=O) groups is 2. The molecule has 1 aromatic rings. The molecule has 0 amide bonds. The summed E-state index contributed by atoms with van der Waals surface area (Å²) in [6.07, 6.45) is -1.82. The molecule has 0 bridgehead atoms. The monoisotopic (exact) mass is 418 g/mol. The molecular weight excluding hydrogens is 392 g/mol. The molecule has 1 aromatic carbocycles. The maximum atomic E-state index is 11.8. The van der Waals surface area contributed by atoms with E-state index in [-0.39, 0.29) is 5.75 Å². The molecule has 0 spiro atoms. The molecule has 2 atom stereocenters. The minimum atomic E-state index is -1.47. The van der Waals surface area contributed by atoms with Crippen LogP contribution in [-0.4, -0.2) is 48.0 Å². The summed E-state index contributed by atoms with van der Waals surface area (Å²) in [6.45, 7) is 5.44. The average Bonchev–Trinajstić information content (AvgIpc) is 2.63. The summed E-state index contributed by atoms with van der Waals surface area (Å²) in [7, 11) is 1.21. The molecule has 0 aromatic heterocycles. The summed E-state index contributed by atoms with van der Waals surface area (Å²) in [5.41, 5.74) is 5.57. The second-order valence-corrected chi connectivity index (χ2v) is 7.26. The largest absolute Gasteiger partial charge is 0.518 e. The molecule has 0 radical (unpaired) electrons. The minimum absolute atomic E-state index is 0.0591. The topological polar surface area (TPSA) is 125 Å². The number of hydrogen-bond donors (Lipinski definition) is 3. The van der Waals surface area contributed by atoms with Crippen LogP contribution in [0.2, 0.25) is 0 Å². The van der Waals surface area contributed by atoms with Crippen LogP contribution >= 0.6 is 12.0 Å². The van der Waals surface area contributed by atoms with Gasteiger partial charge in [-0.25, -0.2) is 9.68 Å². The lowest BCUT2D eigenvalue weighted by molar-refractivity contribution is -0.401. The highest BCUT2D eigenvalue weighted by molar-refractivity contribution is 7.95. The zero-order valence-electron chi connectivity index (χ0n) is 16.2. The van der Waals surface area contributed by atoms with Gasteiger partial charge in [0.2, 0.25) is 0 Å². The number of rotatable bonds is 12. The highest BCUT2D eigenvalue weighted by Crippen LogP contribution is 2.10. The van der Waals surface area contributed by atoms with Gasteiger partial charge in [0.05, 0.1) is 30.5 Å². The van der Waals surface area contributed by atoms with Gasteiger partial charge >= 0.3 is 12.1 Å². The van der Waals surface area contributed by atoms with E-state index in [1.54, 1.807) is 0 Å². The molecule has 11 heteroatoms. The van der Waals surface area contributed by atoms with E-state index in [0.29, 0.717) is 18.5 Å². The van der Waals surface area contributed by atoms with Gasteiger partial charge in [-0.2, -0.15) is 5.48 Å². The number of carbonyl (C=O) groups excluding carboxylic acids is 1. The third-order valence-electron chi connectivity index (χ3n) is 2.94. The maximum absolute atomic E-state index is 11.8. The Morgan fingerprint density at radius 1 is 1.18 bits per heavy atom. The molecule has 0 fully saturated rings. The Morgan fingerprint density at radius 2 is 1.86 bits per heavy atom. The van der Waals surface area contributed by atoms with Crippen molar-refractivity contribution in [2.24, 2.45) is 0 Å². The summed E-state index contributed by atoms with van der Waals surface area (Å²) in [4.78, 5) is 38.0. The molecule has 1 rings (SSSR count). The Hall–Kier alpha value is -1.89. The normalized spacial score (nSPS) is 13.6. The second-order valence-electron chi connectivity index (χ2n) is 6.52. The number of hydroxylamine groups is 2. The minimum Gasteiger partial charge on any atom is -0.468 e. The number of ether oxygens (including phenoxy) is 1. The average molecular weight is 418 g/mol. The number of esters is 1. The van der Waals surface area contributed by atoms with Gasteiger partial charge in [-0.05, 0) is 26.3 Å². The SMILES string of the molecule is COC(=O)C(CSOC(=O)O)NOC(Cc1ccccc1)NOOC(C)(C)C. The van der Waals surface area contributed by atoms with Gasteiger partial charge in [-0.3, -0.25) is 9.63 Å². The molecule has 0 saturated carbocycles. The standard InChI is InChI=1S/C17H26N2O8S/c1-17(2,3)26-27-19-14(10-12-8-6-5-7-9-12)24-18-13(15(20)23-4)11-28-25-16(21)22/h5-9,13-14,18-19H,10-11H2,1-4H3,(H,21,22). The van der Waals surface area contributed by atoms with E-state index >= 15 is 0 Å². The van der Waals surface area contributed by atoms with Crippen LogP contribution in [0.5, 0.6) is 0 Å². The van der Waals surface area contributed by atoms with Crippen molar-refractivity contribution in [3.8, 4) is 0 Å².